The fourth-order valence-corrected chi connectivity index (χ4v) is 2.33. The Kier molecular flexibility index (Phi) is 3.25. The molecule has 2 aromatic rings. The normalized spacial score (nSPS) is 10.9. The molecule has 0 aromatic carbocycles. The largest absolute Gasteiger partial charge is 0.373 e. The van der Waals surface area contributed by atoms with Gasteiger partial charge in [0.2, 0.25) is 5.82 Å². The monoisotopic (exact) mass is 255 g/mol. The molecular weight excluding hydrogens is 242 g/mol. The third kappa shape index (κ3) is 2.08. The van der Waals surface area contributed by atoms with Crippen LogP contribution in [0.25, 0.3) is 4.96 Å². The molecule has 2 rings (SSSR count). The van der Waals surface area contributed by atoms with Crippen molar-refractivity contribution >= 4 is 27.9 Å². The van der Waals surface area contributed by atoms with Crippen LogP contribution in [-0.2, 0) is 0 Å². The predicted octanol–water partition coefficient (Wildman–Crippen LogP) is 1.09. The minimum absolute atomic E-state index is 0.0146. The van der Waals surface area contributed by atoms with Crippen LogP contribution in [0.15, 0.2) is 11.6 Å². The zero-order valence-electron chi connectivity index (χ0n) is 9.37. The second-order valence-electron chi connectivity index (χ2n) is 3.64. The molecule has 0 radical (unpaired) electrons. The average Bonchev–Trinajstić information content (AvgIpc) is 2.83. The Bertz CT molecular complexity index is 534. The van der Waals surface area contributed by atoms with Crippen LogP contribution in [0.5, 0.6) is 0 Å². The molecule has 2 aromatic heterocycles. The number of nitro groups is 1. The van der Waals surface area contributed by atoms with E-state index in [1.165, 1.54) is 15.7 Å². The van der Waals surface area contributed by atoms with Gasteiger partial charge in [-0.15, -0.1) is 0 Å². The highest BCUT2D eigenvalue weighted by Crippen LogP contribution is 2.30. The highest BCUT2D eigenvalue weighted by atomic mass is 32.1. The molecule has 0 saturated carbocycles. The molecule has 17 heavy (non-hydrogen) atoms. The molecule has 0 amide bonds. The first kappa shape index (κ1) is 11.8. The van der Waals surface area contributed by atoms with E-state index in [0.29, 0.717) is 23.9 Å². The summed E-state index contributed by atoms with van der Waals surface area (Å²) in [7, 11) is 1.79. The number of hydrogen-bond donors (Lipinski definition) is 1. The van der Waals surface area contributed by atoms with Crippen LogP contribution < -0.4 is 10.6 Å². The molecule has 0 saturated heterocycles. The Balaban J connectivity index is 2.41. The minimum Gasteiger partial charge on any atom is -0.358 e. The topological polar surface area (TPSA) is 89.7 Å². The number of thiazole rings is 1. The standard InChI is InChI=1S/C9H13N5O2S/c1-12(4-2-3-10)7-8(14(15)16)13-5-6-17-9(13)11-7/h5-6H,2-4,10H2,1H3. The number of imidazole rings is 1. The molecule has 8 heteroatoms. The van der Waals surface area contributed by atoms with E-state index in [2.05, 4.69) is 4.98 Å². The van der Waals surface area contributed by atoms with Gasteiger partial charge in [-0.1, -0.05) is 11.3 Å². The van der Waals surface area contributed by atoms with Gasteiger partial charge in [-0.3, -0.25) is 0 Å². The summed E-state index contributed by atoms with van der Waals surface area (Å²) in [6.07, 6.45) is 2.43. The highest BCUT2D eigenvalue weighted by Gasteiger charge is 2.25. The van der Waals surface area contributed by atoms with E-state index in [0.717, 1.165) is 6.42 Å². The Morgan fingerprint density at radius 1 is 1.71 bits per heavy atom. The lowest BCUT2D eigenvalue weighted by Crippen LogP contribution is -2.22. The van der Waals surface area contributed by atoms with Crippen LogP contribution in [0, 0.1) is 10.1 Å². The van der Waals surface area contributed by atoms with Crippen molar-refractivity contribution in [2.45, 2.75) is 6.42 Å². The molecule has 0 bridgehead atoms. The lowest BCUT2D eigenvalue weighted by atomic mass is 10.4. The lowest BCUT2D eigenvalue weighted by Gasteiger charge is -2.14. The fourth-order valence-electron chi connectivity index (χ4n) is 1.62. The summed E-state index contributed by atoms with van der Waals surface area (Å²) in [5.41, 5.74) is 5.42. The molecule has 0 aliphatic heterocycles. The van der Waals surface area contributed by atoms with Crippen LogP contribution in [0.3, 0.4) is 0 Å². The summed E-state index contributed by atoms with van der Waals surface area (Å²) >= 11 is 1.38. The summed E-state index contributed by atoms with van der Waals surface area (Å²) in [6.45, 7) is 1.21. The first-order chi connectivity index (χ1) is 8.15. The van der Waals surface area contributed by atoms with E-state index < -0.39 is 4.92 Å². The van der Waals surface area contributed by atoms with Crippen molar-refractivity contribution in [2.24, 2.45) is 5.73 Å². The fraction of sp³-hybridized carbons (Fsp3) is 0.444. The van der Waals surface area contributed by atoms with Gasteiger partial charge in [0.1, 0.15) is 6.20 Å². The third-order valence-corrected chi connectivity index (χ3v) is 3.21. The van der Waals surface area contributed by atoms with Gasteiger partial charge in [0.25, 0.3) is 4.96 Å². The predicted molar refractivity (Wildman–Crippen MR) is 66.7 cm³/mol. The first-order valence-corrected chi connectivity index (χ1v) is 6.04. The molecule has 7 nitrogen and oxygen atoms in total. The van der Waals surface area contributed by atoms with Gasteiger partial charge in [0.05, 0.1) is 0 Å². The third-order valence-electron chi connectivity index (χ3n) is 2.45. The summed E-state index contributed by atoms with van der Waals surface area (Å²) in [5.74, 6) is 0.413. The van der Waals surface area contributed by atoms with Gasteiger partial charge in [0.15, 0.2) is 0 Å². The maximum Gasteiger partial charge on any atom is 0.373 e. The molecule has 0 atom stereocenters. The van der Waals surface area contributed by atoms with E-state index in [9.17, 15) is 10.1 Å². The summed E-state index contributed by atoms with van der Waals surface area (Å²) in [6, 6.07) is 0. The summed E-state index contributed by atoms with van der Waals surface area (Å²) < 4.78 is 1.50. The molecule has 0 unspecified atom stereocenters. The van der Waals surface area contributed by atoms with Crippen LogP contribution in [0.4, 0.5) is 11.6 Å². The van der Waals surface area contributed by atoms with Crippen molar-refractivity contribution in [1.29, 1.82) is 0 Å². The highest BCUT2D eigenvalue weighted by molar-refractivity contribution is 7.15. The Morgan fingerprint density at radius 2 is 2.47 bits per heavy atom. The molecular formula is C9H13N5O2S. The van der Waals surface area contributed by atoms with Gasteiger partial charge >= 0.3 is 5.82 Å². The van der Waals surface area contributed by atoms with Crippen LogP contribution in [0.1, 0.15) is 6.42 Å². The molecule has 0 aliphatic carbocycles. The Morgan fingerprint density at radius 3 is 3.12 bits per heavy atom. The van der Waals surface area contributed by atoms with Crippen molar-refractivity contribution in [1.82, 2.24) is 9.38 Å². The Hall–Kier alpha value is -1.67. The lowest BCUT2D eigenvalue weighted by molar-refractivity contribution is -0.389. The number of rotatable bonds is 5. The molecule has 0 spiro atoms. The Labute approximate surface area is 102 Å². The smallest absolute Gasteiger partial charge is 0.358 e. The van der Waals surface area contributed by atoms with Crippen LogP contribution in [-0.4, -0.2) is 34.4 Å². The van der Waals surface area contributed by atoms with Gasteiger partial charge in [-0.25, -0.2) is 0 Å². The summed E-state index contributed by atoms with van der Waals surface area (Å²) in [4.78, 5) is 17.3. The zero-order chi connectivity index (χ0) is 12.4. The number of nitrogens with zero attached hydrogens (tertiary/aromatic N) is 4. The van der Waals surface area contributed by atoms with Gasteiger partial charge in [0, 0.05) is 19.0 Å². The van der Waals surface area contributed by atoms with Crippen molar-refractivity contribution in [3.63, 3.8) is 0 Å². The molecule has 92 valence electrons. The van der Waals surface area contributed by atoms with Crippen molar-refractivity contribution < 1.29 is 4.92 Å². The number of fused-ring (bicyclic) bond motifs is 1. The molecule has 2 N–H and O–H groups in total. The van der Waals surface area contributed by atoms with E-state index in [1.54, 1.807) is 23.5 Å². The quantitative estimate of drug-likeness (QED) is 0.638. The van der Waals surface area contributed by atoms with Crippen LogP contribution >= 0.6 is 11.3 Å². The number of nitrogens with two attached hydrogens (primary N) is 1. The van der Waals surface area contributed by atoms with E-state index >= 15 is 0 Å². The molecule has 2 heterocycles. The number of hydrogen-bond acceptors (Lipinski definition) is 6. The zero-order valence-corrected chi connectivity index (χ0v) is 10.2. The van der Waals surface area contributed by atoms with Crippen LogP contribution in [0.2, 0.25) is 0 Å². The van der Waals surface area contributed by atoms with Crippen molar-refractivity contribution in [3.8, 4) is 0 Å². The van der Waals surface area contributed by atoms with Gasteiger partial charge < -0.3 is 20.7 Å². The maximum atomic E-state index is 11.1. The van der Waals surface area contributed by atoms with Gasteiger partial charge in [-0.05, 0) is 17.9 Å². The number of aromatic nitrogens is 2. The van der Waals surface area contributed by atoms with Crippen molar-refractivity contribution in [2.75, 3.05) is 25.0 Å². The van der Waals surface area contributed by atoms with Crippen molar-refractivity contribution in [3.05, 3.63) is 21.7 Å². The molecule has 0 fully saturated rings. The van der Waals surface area contributed by atoms with E-state index in [4.69, 9.17) is 5.73 Å². The second-order valence-corrected chi connectivity index (χ2v) is 4.51. The number of anilines is 1. The molecule has 0 aliphatic rings. The van der Waals surface area contributed by atoms with E-state index in [-0.39, 0.29) is 5.82 Å². The minimum atomic E-state index is -0.402. The first-order valence-electron chi connectivity index (χ1n) is 5.16. The second kappa shape index (κ2) is 4.68. The van der Waals surface area contributed by atoms with Gasteiger partial charge in [-0.2, -0.15) is 9.38 Å². The summed E-state index contributed by atoms with van der Waals surface area (Å²) in [5, 5.41) is 12.8. The maximum absolute atomic E-state index is 11.1. The van der Waals surface area contributed by atoms with E-state index in [1.807, 2.05) is 0 Å². The SMILES string of the molecule is CN(CCCN)c1nc2sccn2c1[N+](=O)[O-]. The average molecular weight is 255 g/mol.